The lowest BCUT2D eigenvalue weighted by Gasteiger charge is -2.10. The van der Waals surface area contributed by atoms with E-state index >= 15 is 0 Å². The number of aliphatic hydroxyl groups is 1. The highest BCUT2D eigenvalue weighted by molar-refractivity contribution is 5.95. The average molecular weight is 233 g/mol. The van der Waals surface area contributed by atoms with Gasteiger partial charge in [-0.1, -0.05) is 0 Å². The highest BCUT2D eigenvalue weighted by atomic mass is 19.3. The number of carbonyl (C=O) groups excluding carboxylic acids is 1. The fourth-order valence-electron chi connectivity index (χ4n) is 1.19. The van der Waals surface area contributed by atoms with Gasteiger partial charge in [-0.25, -0.2) is 8.78 Å². The number of aryl methyl sites for hydroxylation is 1. The summed E-state index contributed by atoms with van der Waals surface area (Å²) in [5, 5.41) is 14.6. The first-order valence-corrected chi connectivity index (χ1v) is 4.69. The van der Waals surface area contributed by atoms with Crippen LogP contribution in [-0.4, -0.2) is 33.4 Å². The lowest BCUT2D eigenvalue weighted by molar-refractivity contribution is 0.0908. The predicted octanol–water partition coefficient (Wildman–Crippen LogP) is 0.468. The monoisotopic (exact) mass is 233 g/mol. The molecule has 2 N–H and O–H groups in total. The number of halogens is 2. The number of rotatable bonds is 4. The molecule has 1 rings (SSSR count). The van der Waals surface area contributed by atoms with Gasteiger partial charge >= 0.3 is 0 Å². The van der Waals surface area contributed by atoms with Gasteiger partial charge in [0, 0.05) is 19.3 Å². The second kappa shape index (κ2) is 5.02. The molecule has 1 amide bonds. The Bertz CT molecular complexity index is 379. The van der Waals surface area contributed by atoms with Crippen LogP contribution in [0.3, 0.4) is 0 Å². The molecule has 0 aromatic carbocycles. The number of alkyl halides is 2. The third kappa shape index (κ3) is 2.75. The van der Waals surface area contributed by atoms with Crippen molar-refractivity contribution in [3.8, 4) is 0 Å². The van der Waals surface area contributed by atoms with Crippen LogP contribution in [0.25, 0.3) is 0 Å². The summed E-state index contributed by atoms with van der Waals surface area (Å²) < 4.78 is 26.2. The summed E-state index contributed by atoms with van der Waals surface area (Å²) in [5.41, 5.74) is -0.720. The largest absolute Gasteiger partial charge is 0.394 e. The Balaban J connectivity index is 2.90. The Hall–Kier alpha value is -1.50. The second-order valence-electron chi connectivity index (χ2n) is 3.46. The molecule has 0 bridgehead atoms. The van der Waals surface area contributed by atoms with Crippen LogP contribution in [0.2, 0.25) is 0 Å². The minimum Gasteiger partial charge on any atom is -0.394 e. The molecule has 0 saturated heterocycles. The van der Waals surface area contributed by atoms with Crippen molar-refractivity contribution in [2.75, 3.05) is 6.61 Å². The first-order valence-electron chi connectivity index (χ1n) is 4.69. The molecule has 0 unspecified atom stereocenters. The number of nitrogens with zero attached hydrogens (tertiary/aromatic N) is 2. The molecule has 1 heterocycles. The SMILES string of the molecule is C[C@H](CO)NC(=O)c1cn(C)nc1C(F)F. The molecule has 0 radical (unpaired) electrons. The molecule has 5 nitrogen and oxygen atoms in total. The van der Waals surface area contributed by atoms with Crippen molar-refractivity contribution in [1.29, 1.82) is 0 Å². The Morgan fingerprint density at radius 2 is 2.31 bits per heavy atom. The molecule has 0 spiro atoms. The number of carbonyl (C=O) groups is 1. The van der Waals surface area contributed by atoms with Crippen LogP contribution >= 0.6 is 0 Å². The zero-order valence-corrected chi connectivity index (χ0v) is 8.94. The molecule has 1 atom stereocenters. The third-order valence-electron chi connectivity index (χ3n) is 1.96. The third-order valence-corrected chi connectivity index (χ3v) is 1.96. The summed E-state index contributed by atoms with van der Waals surface area (Å²) in [6, 6.07) is -0.488. The standard InChI is InChI=1S/C9H13F2N3O2/c1-5(4-15)12-9(16)6-3-14(2)13-7(6)8(10)11/h3,5,8,15H,4H2,1-2H3,(H,12,16)/t5-/m1/s1. The van der Waals surface area contributed by atoms with Crippen molar-refractivity contribution >= 4 is 5.91 Å². The molecule has 16 heavy (non-hydrogen) atoms. The summed E-state index contributed by atoms with van der Waals surface area (Å²) in [5.74, 6) is -0.662. The van der Waals surface area contributed by atoms with E-state index in [1.165, 1.54) is 13.2 Å². The van der Waals surface area contributed by atoms with Crippen molar-refractivity contribution in [2.24, 2.45) is 7.05 Å². The van der Waals surface area contributed by atoms with Gasteiger partial charge in [0.2, 0.25) is 0 Å². The maximum atomic E-state index is 12.5. The minimum absolute atomic E-state index is 0.169. The normalized spacial score (nSPS) is 12.9. The van der Waals surface area contributed by atoms with E-state index in [1.54, 1.807) is 6.92 Å². The number of hydrogen-bond acceptors (Lipinski definition) is 3. The van der Waals surface area contributed by atoms with Gasteiger partial charge in [0.1, 0.15) is 5.69 Å². The van der Waals surface area contributed by atoms with Gasteiger partial charge in [0.15, 0.2) is 0 Å². The molecule has 1 aromatic rings. The summed E-state index contributed by atoms with van der Waals surface area (Å²) in [7, 11) is 1.46. The van der Waals surface area contributed by atoms with E-state index in [9.17, 15) is 13.6 Å². The van der Waals surface area contributed by atoms with Crippen LogP contribution in [0.1, 0.15) is 29.4 Å². The second-order valence-corrected chi connectivity index (χ2v) is 3.46. The lowest BCUT2D eigenvalue weighted by atomic mass is 10.2. The Kier molecular flexibility index (Phi) is 3.94. The van der Waals surface area contributed by atoms with Crippen LogP contribution < -0.4 is 5.32 Å². The molecule has 1 aromatic heterocycles. The van der Waals surface area contributed by atoms with E-state index in [-0.39, 0.29) is 12.2 Å². The first-order chi connectivity index (χ1) is 7.45. The van der Waals surface area contributed by atoms with E-state index in [4.69, 9.17) is 5.11 Å². The maximum absolute atomic E-state index is 12.5. The number of nitrogens with one attached hydrogen (secondary N) is 1. The maximum Gasteiger partial charge on any atom is 0.282 e. The van der Waals surface area contributed by atoms with Gasteiger partial charge in [0.25, 0.3) is 12.3 Å². The predicted molar refractivity (Wildman–Crippen MR) is 52.2 cm³/mol. The van der Waals surface area contributed by atoms with Crippen molar-refractivity contribution < 1.29 is 18.7 Å². The molecular formula is C9H13F2N3O2. The van der Waals surface area contributed by atoms with E-state index in [1.807, 2.05) is 0 Å². The smallest absolute Gasteiger partial charge is 0.282 e. The fraction of sp³-hybridized carbons (Fsp3) is 0.556. The molecule has 0 aliphatic heterocycles. The topological polar surface area (TPSA) is 67.2 Å². The summed E-state index contributed by atoms with van der Waals surface area (Å²) in [4.78, 5) is 11.5. The van der Waals surface area contributed by atoms with Crippen molar-refractivity contribution in [2.45, 2.75) is 19.4 Å². The molecular weight excluding hydrogens is 220 g/mol. The lowest BCUT2D eigenvalue weighted by Crippen LogP contribution is -2.35. The fourth-order valence-corrected chi connectivity index (χ4v) is 1.19. The Labute approximate surface area is 91.1 Å². The van der Waals surface area contributed by atoms with Crippen molar-refractivity contribution in [3.63, 3.8) is 0 Å². The van der Waals surface area contributed by atoms with Gasteiger partial charge in [0.05, 0.1) is 12.2 Å². The summed E-state index contributed by atoms with van der Waals surface area (Å²) in [6.45, 7) is 1.31. The number of hydrogen-bond donors (Lipinski definition) is 2. The molecule has 90 valence electrons. The van der Waals surface area contributed by atoms with E-state index < -0.39 is 24.1 Å². The minimum atomic E-state index is -2.80. The number of aromatic nitrogens is 2. The molecule has 0 fully saturated rings. The van der Waals surface area contributed by atoms with Crippen LogP contribution in [-0.2, 0) is 7.05 Å². The number of amides is 1. The van der Waals surface area contributed by atoms with Gasteiger partial charge in [-0.2, -0.15) is 5.10 Å². The van der Waals surface area contributed by atoms with Crippen LogP contribution in [0.15, 0.2) is 6.20 Å². The first kappa shape index (κ1) is 12.6. The average Bonchev–Trinajstić information content (AvgIpc) is 2.60. The zero-order chi connectivity index (χ0) is 12.3. The molecule has 0 aliphatic carbocycles. The quantitative estimate of drug-likeness (QED) is 0.794. The molecule has 0 saturated carbocycles. The summed E-state index contributed by atoms with van der Waals surface area (Å²) in [6.07, 6.45) is -1.58. The molecule has 0 aliphatic rings. The highest BCUT2D eigenvalue weighted by Crippen LogP contribution is 2.20. The number of aliphatic hydroxyl groups excluding tert-OH is 1. The zero-order valence-electron chi connectivity index (χ0n) is 8.94. The van der Waals surface area contributed by atoms with E-state index in [0.29, 0.717) is 0 Å². The Morgan fingerprint density at radius 1 is 1.69 bits per heavy atom. The van der Waals surface area contributed by atoms with Gasteiger partial charge in [-0.15, -0.1) is 0 Å². The van der Waals surface area contributed by atoms with Gasteiger partial charge in [-0.3, -0.25) is 9.48 Å². The van der Waals surface area contributed by atoms with Crippen molar-refractivity contribution in [1.82, 2.24) is 15.1 Å². The van der Waals surface area contributed by atoms with E-state index in [2.05, 4.69) is 10.4 Å². The van der Waals surface area contributed by atoms with Crippen LogP contribution in [0.5, 0.6) is 0 Å². The van der Waals surface area contributed by atoms with Crippen molar-refractivity contribution in [3.05, 3.63) is 17.5 Å². The Morgan fingerprint density at radius 3 is 2.81 bits per heavy atom. The van der Waals surface area contributed by atoms with Gasteiger partial charge in [-0.05, 0) is 6.92 Å². The van der Waals surface area contributed by atoms with Crippen LogP contribution in [0.4, 0.5) is 8.78 Å². The van der Waals surface area contributed by atoms with Gasteiger partial charge < -0.3 is 10.4 Å². The van der Waals surface area contributed by atoms with E-state index in [0.717, 1.165) is 4.68 Å². The summed E-state index contributed by atoms with van der Waals surface area (Å²) >= 11 is 0. The highest BCUT2D eigenvalue weighted by Gasteiger charge is 2.23. The van der Waals surface area contributed by atoms with Crippen LogP contribution in [0, 0.1) is 0 Å². The molecule has 7 heteroatoms.